The first kappa shape index (κ1) is 41.6. The van der Waals surface area contributed by atoms with E-state index in [2.05, 4.69) is 46.0 Å². The van der Waals surface area contributed by atoms with E-state index in [9.17, 15) is 17.6 Å². The molecule has 2 aliphatic carbocycles. The van der Waals surface area contributed by atoms with Crippen molar-refractivity contribution in [3.63, 3.8) is 0 Å². The number of anilines is 3. The molecule has 2 spiro atoms. The molecule has 0 bridgehead atoms. The Morgan fingerprint density at radius 2 is 1.10 bits per heavy atom. The highest BCUT2D eigenvalue weighted by molar-refractivity contribution is 6.29. The molecule has 0 atom stereocenters. The zero-order chi connectivity index (χ0) is 41.6. The van der Waals surface area contributed by atoms with Gasteiger partial charge in [-0.1, -0.05) is 11.6 Å². The van der Waals surface area contributed by atoms with E-state index < -0.39 is 11.8 Å². The molecule has 4 aromatic heterocycles. The predicted octanol–water partition coefficient (Wildman–Crippen LogP) is 6.63. The van der Waals surface area contributed by atoms with E-state index in [4.69, 9.17) is 26.1 Å². The molecule has 2 saturated carbocycles. The van der Waals surface area contributed by atoms with Crippen LogP contribution in [0.5, 0.6) is 0 Å². The van der Waals surface area contributed by atoms with Gasteiger partial charge in [0.05, 0.1) is 43.2 Å². The third kappa shape index (κ3) is 9.76. The Kier molecular flexibility index (Phi) is 11.6. The summed E-state index contributed by atoms with van der Waals surface area (Å²) in [5, 5.41) is 18.9. The monoisotopic (exact) mass is 844 g/mol. The standard InChI is InChI=1S/C20H26F2N6O.C15H18ClF2N5.C5H9NO/c1-13-7-14(2)28(26-13)18-24-16(23-15-3-5-20(21,22)6-4-15)8-17(25-18)27-9-19(10-27)11-29-12-19;1-9-7-10(2)23(22-9)14-20-12(16)8-13(21-14)19-11-3-5-15(17,18)6-4-11;1-5(2-6-1)3-7-4-5/h7-8,15H,3-6,9-12H2,1-2H3,(H,23,24,25);7-8,11H,3-6H2,1-2H3,(H,19,20,21);6H,1-4H2. The number of nitrogens with one attached hydrogen (secondary N) is 3. The molecule has 4 aliphatic heterocycles. The number of ether oxygens (including phenoxy) is 2. The van der Waals surface area contributed by atoms with Gasteiger partial charge in [-0.2, -0.15) is 30.1 Å². The first-order chi connectivity index (χ1) is 28.0. The molecule has 59 heavy (non-hydrogen) atoms. The zero-order valence-corrected chi connectivity index (χ0v) is 34.8. The number of hydrogen-bond acceptors (Lipinski definition) is 12. The lowest BCUT2D eigenvalue weighted by molar-refractivity contribution is -0.139. The van der Waals surface area contributed by atoms with Crippen molar-refractivity contribution in [1.82, 2.24) is 44.8 Å². The van der Waals surface area contributed by atoms with Crippen molar-refractivity contribution in [2.75, 3.05) is 68.1 Å². The molecule has 19 heteroatoms. The van der Waals surface area contributed by atoms with E-state index >= 15 is 0 Å². The molecule has 0 radical (unpaired) electrons. The van der Waals surface area contributed by atoms with E-state index in [1.165, 1.54) is 13.1 Å². The fraction of sp³-hybridized carbons (Fsp3) is 0.650. The van der Waals surface area contributed by atoms with Crippen LogP contribution >= 0.6 is 11.6 Å². The Balaban J connectivity index is 0.000000143. The summed E-state index contributed by atoms with van der Waals surface area (Å²) in [5.74, 6) is -2.18. The van der Waals surface area contributed by atoms with Crippen molar-refractivity contribution in [1.29, 1.82) is 0 Å². The second kappa shape index (κ2) is 16.4. The molecule has 0 unspecified atom stereocenters. The van der Waals surface area contributed by atoms with Crippen LogP contribution in [-0.2, 0) is 9.47 Å². The number of aromatic nitrogens is 8. The van der Waals surface area contributed by atoms with E-state index in [-0.39, 0.29) is 48.3 Å². The van der Waals surface area contributed by atoms with Crippen LogP contribution in [0.3, 0.4) is 0 Å². The highest BCUT2D eigenvalue weighted by atomic mass is 35.5. The third-order valence-corrected chi connectivity index (χ3v) is 12.1. The van der Waals surface area contributed by atoms with Gasteiger partial charge in [0, 0.05) is 92.9 Å². The van der Waals surface area contributed by atoms with E-state index in [0.29, 0.717) is 54.6 Å². The summed E-state index contributed by atoms with van der Waals surface area (Å²) in [5.41, 5.74) is 4.49. The van der Waals surface area contributed by atoms with E-state index in [1.54, 1.807) is 15.4 Å². The first-order valence-electron chi connectivity index (χ1n) is 20.5. The minimum atomic E-state index is -2.55. The molecule has 4 saturated heterocycles. The lowest BCUT2D eigenvalue weighted by Crippen LogP contribution is -2.66. The molecular weight excluding hydrogens is 792 g/mol. The number of aryl methyl sites for hydroxylation is 4. The molecule has 320 valence electrons. The number of hydrogen-bond donors (Lipinski definition) is 3. The summed E-state index contributed by atoms with van der Waals surface area (Å²) in [6, 6.07) is 7.39. The smallest absolute Gasteiger partial charge is 0.254 e. The molecule has 3 N–H and O–H groups in total. The largest absolute Gasteiger partial charge is 0.380 e. The zero-order valence-electron chi connectivity index (χ0n) is 34.0. The molecule has 10 rings (SSSR count). The summed E-state index contributed by atoms with van der Waals surface area (Å²) >= 11 is 6.07. The van der Waals surface area contributed by atoms with Crippen LogP contribution in [0.1, 0.15) is 74.1 Å². The third-order valence-electron chi connectivity index (χ3n) is 11.9. The van der Waals surface area contributed by atoms with Crippen LogP contribution in [0.25, 0.3) is 11.9 Å². The van der Waals surface area contributed by atoms with Crippen LogP contribution in [0.2, 0.25) is 5.15 Å². The van der Waals surface area contributed by atoms with Gasteiger partial charge in [-0.3, -0.25) is 0 Å². The van der Waals surface area contributed by atoms with Crippen LogP contribution in [0.15, 0.2) is 24.3 Å². The van der Waals surface area contributed by atoms with Gasteiger partial charge in [0.2, 0.25) is 11.8 Å². The summed E-state index contributed by atoms with van der Waals surface area (Å²) in [4.78, 5) is 20.2. The fourth-order valence-electron chi connectivity index (χ4n) is 8.35. The van der Waals surface area contributed by atoms with Gasteiger partial charge in [-0.15, -0.1) is 0 Å². The molecular formula is C40H53ClF4N12O2. The minimum Gasteiger partial charge on any atom is -0.380 e. The van der Waals surface area contributed by atoms with Gasteiger partial charge in [0.15, 0.2) is 0 Å². The molecule has 4 aromatic rings. The number of nitrogens with zero attached hydrogens (tertiary/aromatic N) is 9. The van der Waals surface area contributed by atoms with Gasteiger partial charge < -0.3 is 30.3 Å². The van der Waals surface area contributed by atoms with Crippen molar-refractivity contribution in [2.24, 2.45) is 10.8 Å². The maximum Gasteiger partial charge on any atom is 0.254 e. The van der Waals surface area contributed by atoms with Crippen molar-refractivity contribution in [3.05, 3.63) is 52.2 Å². The fourth-order valence-corrected chi connectivity index (χ4v) is 8.53. The van der Waals surface area contributed by atoms with Crippen LogP contribution in [0.4, 0.5) is 35.0 Å². The van der Waals surface area contributed by atoms with Crippen LogP contribution in [0, 0.1) is 38.5 Å². The quantitative estimate of drug-likeness (QED) is 0.136. The molecule has 0 amide bonds. The normalized spacial score (nSPS) is 22.4. The summed E-state index contributed by atoms with van der Waals surface area (Å²) < 4.78 is 67.2. The second-order valence-electron chi connectivity index (χ2n) is 17.5. The van der Waals surface area contributed by atoms with Gasteiger partial charge in [0.1, 0.15) is 22.6 Å². The Hall–Kier alpha value is -4.13. The lowest BCUT2D eigenvalue weighted by Gasteiger charge is -2.55. The van der Waals surface area contributed by atoms with Crippen molar-refractivity contribution < 1.29 is 27.0 Å². The maximum atomic E-state index is 13.5. The first-order valence-corrected chi connectivity index (χ1v) is 20.8. The van der Waals surface area contributed by atoms with Gasteiger partial charge in [-0.25, -0.2) is 26.9 Å². The summed E-state index contributed by atoms with van der Waals surface area (Å²) in [6.07, 6.45) is 1.32. The highest BCUT2D eigenvalue weighted by Gasteiger charge is 2.50. The van der Waals surface area contributed by atoms with Gasteiger partial charge in [-0.05, 0) is 65.5 Å². The van der Waals surface area contributed by atoms with Crippen LogP contribution < -0.4 is 20.9 Å². The Labute approximate surface area is 346 Å². The van der Waals surface area contributed by atoms with Crippen molar-refractivity contribution in [2.45, 2.75) is 103 Å². The Bertz CT molecular complexity index is 2080. The lowest BCUT2D eigenvalue weighted by atomic mass is 9.78. The molecule has 6 fully saturated rings. The Morgan fingerprint density at radius 1 is 0.644 bits per heavy atom. The molecule has 6 aliphatic rings. The average molecular weight is 845 g/mol. The number of rotatable bonds is 7. The number of halogens is 5. The van der Waals surface area contributed by atoms with Crippen molar-refractivity contribution >= 4 is 29.1 Å². The molecule has 14 nitrogen and oxygen atoms in total. The van der Waals surface area contributed by atoms with E-state index in [1.807, 2.05) is 45.9 Å². The second-order valence-corrected chi connectivity index (χ2v) is 17.8. The van der Waals surface area contributed by atoms with Gasteiger partial charge in [0.25, 0.3) is 11.9 Å². The summed E-state index contributed by atoms with van der Waals surface area (Å²) in [7, 11) is 0. The SMILES string of the molecule is C1NCC12COC2.Cc1cc(C)n(-c2nc(Cl)cc(NC3CCC(F)(F)CC3)n2)n1.Cc1cc(C)n(-c2nc(NC3CCC(F)(F)CC3)cc(N3CC4(COC4)C3)n2)n1. The highest BCUT2D eigenvalue weighted by Crippen LogP contribution is 2.41. The minimum absolute atomic E-state index is 0.00607. The number of alkyl halides is 4. The van der Waals surface area contributed by atoms with Crippen molar-refractivity contribution in [3.8, 4) is 11.9 Å². The topological polar surface area (TPSA) is 145 Å². The molecule has 8 heterocycles. The summed E-state index contributed by atoms with van der Waals surface area (Å²) in [6.45, 7) is 15.5. The van der Waals surface area contributed by atoms with E-state index in [0.717, 1.165) is 68.1 Å². The maximum absolute atomic E-state index is 13.5. The predicted molar refractivity (Wildman–Crippen MR) is 216 cm³/mol. The van der Waals surface area contributed by atoms with Crippen LogP contribution in [-0.4, -0.2) is 116 Å². The average Bonchev–Trinajstić information content (AvgIpc) is 3.62. The Morgan fingerprint density at radius 3 is 1.47 bits per heavy atom. The van der Waals surface area contributed by atoms with Gasteiger partial charge >= 0.3 is 0 Å². The molecule has 0 aromatic carbocycles.